The van der Waals surface area contributed by atoms with Gasteiger partial charge in [0, 0.05) is 18.8 Å². The van der Waals surface area contributed by atoms with Crippen LogP contribution in [0.25, 0.3) is 0 Å². The molecule has 2 N–H and O–H groups in total. The molecule has 2 aromatic rings. The number of carbonyl (C=O) groups is 4. The smallest absolute Gasteiger partial charge is 0.450 e. The summed E-state index contributed by atoms with van der Waals surface area (Å²) in [5.74, 6) is -14.4. The summed E-state index contributed by atoms with van der Waals surface area (Å²) in [5.41, 5.74) is -0.653. The first kappa shape index (κ1) is 35.3. The van der Waals surface area contributed by atoms with E-state index in [2.05, 4.69) is 5.32 Å². The highest BCUT2D eigenvalue weighted by Crippen LogP contribution is 2.37. The Hall–Kier alpha value is -3.87. The van der Waals surface area contributed by atoms with Crippen molar-refractivity contribution in [3.63, 3.8) is 0 Å². The standard InChI is InChI=1S/C30H34F5NO7/c1-5-43-24-9-7-6-8-22(24)29(31,32)25(39)14-19(16-37)28(41)36-26(18-10-12-20(42-4)13-11-18)23(38)15-21(17(2)3)27(40)30(33,34)35/h6-13,17,19,21,26,37H,5,14-16H2,1-4H3,(H,36,41)/t19-,21-,26-/m0/s1. The molecule has 0 radical (unpaired) electrons. The maximum atomic E-state index is 15.2. The van der Waals surface area contributed by atoms with E-state index in [1.165, 1.54) is 63.4 Å². The molecule has 43 heavy (non-hydrogen) atoms. The second kappa shape index (κ2) is 15.0. The number of aliphatic hydroxyl groups is 1. The Balaban J connectivity index is 2.36. The van der Waals surface area contributed by atoms with E-state index in [1.54, 1.807) is 6.92 Å². The van der Waals surface area contributed by atoms with E-state index in [0.29, 0.717) is 5.75 Å². The molecule has 236 valence electrons. The van der Waals surface area contributed by atoms with Gasteiger partial charge in [-0.25, -0.2) is 0 Å². The van der Waals surface area contributed by atoms with Crippen molar-refractivity contribution in [3.8, 4) is 11.5 Å². The topological polar surface area (TPSA) is 119 Å². The van der Waals surface area contributed by atoms with Gasteiger partial charge in [-0.1, -0.05) is 38.1 Å². The number of Topliss-reactive ketones (excluding diaryl/α,β-unsaturated/α-hetero) is 3. The summed E-state index contributed by atoms with van der Waals surface area (Å²) in [7, 11) is 1.36. The van der Waals surface area contributed by atoms with Gasteiger partial charge < -0.3 is 19.9 Å². The van der Waals surface area contributed by atoms with Crippen molar-refractivity contribution in [2.45, 2.75) is 51.8 Å². The lowest BCUT2D eigenvalue weighted by Gasteiger charge is -2.26. The van der Waals surface area contributed by atoms with Gasteiger partial charge in [0.15, 0.2) is 5.78 Å². The number of hydrogen-bond donors (Lipinski definition) is 2. The van der Waals surface area contributed by atoms with Gasteiger partial charge in [0.1, 0.15) is 17.5 Å². The average molecular weight is 616 g/mol. The summed E-state index contributed by atoms with van der Waals surface area (Å²) in [6, 6.07) is 8.81. The number of amides is 1. The Morgan fingerprint density at radius 1 is 0.930 bits per heavy atom. The third-order valence-electron chi connectivity index (χ3n) is 6.80. The Labute approximate surface area is 245 Å². The van der Waals surface area contributed by atoms with Crippen LogP contribution in [0.2, 0.25) is 0 Å². The fourth-order valence-corrected chi connectivity index (χ4v) is 4.33. The predicted molar refractivity (Wildman–Crippen MR) is 145 cm³/mol. The second-order valence-electron chi connectivity index (χ2n) is 10.1. The number of nitrogens with one attached hydrogen (secondary N) is 1. The summed E-state index contributed by atoms with van der Waals surface area (Å²) < 4.78 is 80.2. The molecule has 0 spiro atoms. The van der Waals surface area contributed by atoms with E-state index in [9.17, 15) is 37.5 Å². The summed E-state index contributed by atoms with van der Waals surface area (Å²) in [4.78, 5) is 51.2. The molecule has 0 saturated carbocycles. The fraction of sp³-hybridized carbons (Fsp3) is 0.467. The number of methoxy groups -OCH3 is 1. The number of rotatable bonds is 16. The minimum atomic E-state index is -5.21. The molecule has 8 nitrogen and oxygen atoms in total. The van der Waals surface area contributed by atoms with Gasteiger partial charge in [-0.3, -0.25) is 19.2 Å². The second-order valence-corrected chi connectivity index (χ2v) is 10.1. The molecule has 0 bridgehead atoms. The Morgan fingerprint density at radius 3 is 2.05 bits per heavy atom. The summed E-state index contributed by atoms with van der Waals surface area (Å²) in [5, 5.41) is 12.1. The number of alkyl halides is 5. The van der Waals surface area contributed by atoms with Crippen LogP contribution in [-0.4, -0.2) is 54.9 Å². The zero-order chi connectivity index (χ0) is 32.5. The number of ketones is 3. The zero-order valence-corrected chi connectivity index (χ0v) is 24.0. The van der Waals surface area contributed by atoms with Crippen molar-refractivity contribution >= 4 is 23.3 Å². The van der Waals surface area contributed by atoms with Crippen molar-refractivity contribution in [3.05, 3.63) is 59.7 Å². The van der Waals surface area contributed by atoms with E-state index in [4.69, 9.17) is 9.47 Å². The Kier molecular flexibility index (Phi) is 12.4. The number of aliphatic hydroxyl groups excluding tert-OH is 1. The molecule has 0 aromatic heterocycles. The minimum absolute atomic E-state index is 0.0377. The molecule has 0 aliphatic rings. The fourth-order valence-electron chi connectivity index (χ4n) is 4.33. The van der Waals surface area contributed by atoms with Gasteiger partial charge in [0.05, 0.1) is 31.8 Å². The van der Waals surface area contributed by atoms with Crippen molar-refractivity contribution in [2.24, 2.45) is 17.8 Å². The van der Waals surface area contributed by atoms with Crippen LogP contribution in [0.5, 0.6) is 11.5 Å². The van der Waals surface area contributed by atoms with Crippen molar-refractivity contribution in [1.29, 1.82) is 0 Å². The molecule has 13 heteroatoms. The van der Waals surface area contributed by atoms with Crippen molar-refractivity contribution < 1.29 is 55.7 Å². The van der Waals surface area contributed by atoms with Gasteiger partial charge in [0.2, 0.25) is 17.5 Å². The molecule has 0 aliphatic carbocycles. The quantitative estimate of drug-likeness (QED) is 0.256. The van der Waals surface area contributed by atoms with Crippen LogP contribution in [0.15, 0.2) is 48.5 Å². The van der Waals surface area contributed by atoms with E-state index in [-0.39, 0.29) is 17.9 Å². The van der Waals surface area contributed by atoms with Crippen LogP contribution in [0.4, 0.5) is 22.0 Å². The van der Waals surface area contributed by atoms with Gasteiger partial charge in [-0.15, -0.1) is 0 Å². The van der Waals surface area contributed by atoms with Crippen LogP contribution in [-0.2, 0) is 25.1 Å². The molecule has 0 fully saturated rings. The average Bonchev–Trinajstić information content (AvgIpc) is 2.96. The van der Waals surface area contributed by atoms with Crippen LogP contribution in [0, 0.1) is 17.8 Å². The maximum Gasteiger partial charge on any atom is 0.450 e. The zero-order valence-electron chi connectivity index (χ0n) is 24.0. The van der Waals surface area contributed by atoms with Gasteiger partial charge in [-0.05, 0) is 42.7 Å². The molecule has 2 rings (SSSR count). The first-order chi connectivity index (χ1) is 20.1. The lowest BCUT2D eigenvalue weighted by Crippen LogP contribution is -2.42. The lowest BCUT2D eigenvalue weighted by molar-refractivity contribution is -0.177. The van der Waals surface area contributed by atoms with Gasteiger partial charge >= 0.3 is 12.1 Å². The van der Waals surface area contributed by atoms with Gasteiger partial charge in [-0.2, -0.15) is 22.0 Å². The van der Waals surface area contributed by atoms with Crippen LogP contribution >= 0.6 is 0 Å². The van der Waals surface area contributed by atoms with E-state index >= 15 is 8.78 Å². The van der Waals surface area contributed by atoms with E-state index < -0.39 is 84.2 Å². The first-order valence-corrected chi connectivity index (χ1v) is 13.4. The third-order valence-corrected chi connectivity index (χ3v) is 6.80. The molecule has 3 atom stereocenters. The molecular formula is C30H34F5NO7. The largest absolute Gasteiger partial charge is 0.497 e. The summed E-state index contributed by atoms with van der Waals surface area (Å²) in [6.07, 6.45) is -7.25. The van der Waals surface area contributed by atoms with Gasteiger partial charge in [0.25, 0.3) is 0 Å². The normalized spacial score (nSPS) is 14.0. The molecule has 0 unspecified atom stereocenters. The highest BCUT2D eigenvalue weighted by Gasteiger charge is 2.46. The minimum Gasteiger partial charge on any atom is -0.497 e. The number of carbonyl (C=O) groups excluding carboxylic acids is 4. The molecule has 0 heterocycles. The molecule has 0 saturated heterocycles. The first-order valence-electron chi connectivity index (χ1n) is 13.4. The SMILES string of the molecule is CCOc1ccccc1C(F)(F)C(=O)C[C@@H](CO)C(=O)N[C@H](C(=O)C[C@H](C(=O)C(F)(F)F)C(C)C)c1ccc(OC)cc1. The van der Waals surface area contributed by atoms with E-state index in [1.807, 2.05) is 0 Å². The number of para-hydroxylation sites is 1. The number of ether oxygens (including phenoxy) is 2. The number of benzene rings is 2. The third kappa shape index (κ3) is 9.06. The summed E-state index contributed by atoms with van der Waals surface area (Å²) in [6.45, 7) is 3.20. The van der Waals surface area contributed by atoms with Crippen LogP contribution < -0.4 is 14.8 Å². The monoisotopic (exact) mass is 615 g/mol. The predicted octanol–water partition coefficient (Wildman–Crippen LogP) is 4.97. The van der Waals surface area contributed by atoms with Crippen LogP contribution in [0.1, 0.15) is 50.8 Å². The highest BCUT2D eigenvalue weighted by molar-refractivity contribution is 5.97. The Morgan fingerprint density at radius 2 is 1.53 bits per heavy atom. The van der Waals surface area contributed by atoms with Crippen LogP contribution in [0.3, 0.4) is 0 Å². The van der Waals surface area contributed by atoms with Crippen molar-refractivity contribution in [1.82, 2.24) is 5.32 Å². The number of halogens is 5. The van der Waals surface area contributed by atoms with Crippen molar-refractivity contribution in [2.75, 3.05) is 20.3 Å². The highest BCUT2D eigenvalue weighted by atomic mass is 19.4. The Bertz CT molecular complexity index is 1280. The maximum absolute atomic E-state index is 15.2. The number of hydrogen-bond acceptors (Lipinski definition) is 7. The molecule has 0 aliphatic heterocycles. The molecule has 1 amide bonds. The summed E-state index contributed by atoms with van der Waals surface area (Å²) >= 11 is 0. The molecular weight excluding hydrogens is 581 g/mol. The van der Waals surface area contributed by atoms with E-state index in [0.717, 1.165) is 6.07 Å². The lowest BCUT2D eigenvalue weighted by atomic mass is 9.84. The molecule has 2 aromatic carbocycles.